The second-order valence-electron chi connectivity index (χ2n) is 5.54. The number of nitrogens with zero attached hydrogens (tertiary/aromatic N) is 2. The highest BCUT2D eigenvalue weighted by Crippen LogP contribution is 2.27. The van der Waals surface area contributed by atoms with E-state index in [2.05, 4.69) is 0 Å². The molecule has 0 saturated carbocycles. The number of benzene rings is 1. The lowest BCUT2D eigenvalue weighted by atomic mass is 10.0. The van der Waals surface area contributed by atoms with Crippen LogP contribution >= 0.6 is 0 Å². The monoisotopic (exact) mass is 264 g/mol. The third-order valence-electron chi connectivity index (χ3n) is 3.12. The van der Waals surface area contributed by atoms with Crippen LogP contribution in [0.4, 0.5) is 14.9 Å². The third-order valence-corrected chi connectivity index (χ3v) is 3.12. The lowest BCUT2D eigenvalue weighted by Crippen LogP contribution is -2.58. The number of rotatable bonds is 1. The first-order valence-corrected chi connectivity index (χ1v) is 6.21. The maximum atomic E-state index is 13.8. The van der Waals surface area contributed by atoms with Gasteiger partial charge in [-0.1, -0.05) is 12.1 Å². The smallest absolute Gasteiger partial charge is 0.319 e. The molecule has 19 heavy (non-hydrogen) atoms. The van der Waals surface area contributed by atoms with Gasteiger partial charge in [-0.15, -0.1) is 0 Å². The summed E-state index contributed by atoms with van der Waals surface area (Å²) < 4.78 is 13.8. The maximum Gasteiger partial charge on any atom is 0.331 e. The molecule has 1 fully saturated rings. The lowest BCUT2D eigenvalue weighted by Gasteiger charge is -2.42. The van der Waals surface area contributed by atoms with Crippen LogP contribution in [0.15, 0.2) is 24.3 Å². The van der Waals surface area contributed by atoms with E-state index in [9.17, 15) is 14.0 Å². The van der Waals surface area contributed by atoms with Crippen molar-refractivity contribution in [3.05, 3.63) is 30.1 Å². The molecule has 2 rings (SSSR count). The minimum absolute atomic E-state index is 0.0199. The summed E-state index contributed by atoms with van der Waals surface area (Å²) in [6, 6.07) is 5.35. The molecule has 0 atom stereocenters. The molecule has 0 bridgehead atoms. The number of anilines is 1. The van der Waals surface area contributed by atoms with Crippen LogP contribution in [0.2, 0.25) is 0 Å². The first-order valence-electron chi connectivity index (χ1n) is 6.21. The zero-order chi connectivity index (χ0) is 14.2. The predicted molar refractivity (Wildman–Crippen MR) is 70.4 cm³/mol. The van der Waals surface area contributed by atoms with Crippen LogP contribution in [0.25, 0.3) is 0 Å². The fraction of sp³-hybridized carbons (Fsp3) is 0.429. The van der Waals surface area contributed by atoms with Crippen molar-refractivity contribution in [1.29, 1.82) is 0 Å². The Morgan fingerprint density at radius 3 is 2.37 bits per heavy atom. The zero-order valence-corrected chi connectivity index (χ0v) is 11.3. The number of carbonyl (C=O) groups is 2. The van der Waals surface area contributed by atoms with Crippen molar-refractivity contribution in [3.63, 3.8) is 0 Å². The minimum atomic E-state index is -0.569. The van der Waals surface area contributed by atoms with Gasteiger partial charge in [0.1, 0.15) is 5.82 Å². The molecule has 1 saturated heterocycles. The van der Waals surface area contributed by atoms with E-state index in [4.69, 9.17) is 0 Å². The molecule has 1 aliphatic heterocycles. The van der Waals surface area contributed by atoms with E-state index in [0.717, 1.165) is 4.90 Å². The summed E-state index contributed by atoms with van der Waals surface area (Å²) in [7, 11) is 0. The predicted octanol–water partition coefficient (Wildman–Crippen LogP) is 2.78. The minimum Gasteiger partial charge on any atom is -0.319 e. The Morgan fingerprint density at radius 1 is 1.16 bits per heavy atom. The molecule has 0 aliphatic carbocycles. The molecule has 1 aliphatic rings. The average molecular weight is 264 g/mol. The van der Waals surface area contributed by atoms with Crippen molar-refractivity contribution in [3.8, 4) is 0 Å². The highest BCUT2D eigenvalue weighted by Gasteiger charge is 2.39. The van der Waals surface area contributed by atoms with Crippen molar-refractivity contribution >= 4 is 17.6 Å². The third kappa shape index (κ3) is 2.45. The van der Waals surface area contributed by atoms with E-state index >= 15 is 0 Å². The van der Waals surface area contributed by atoms with E-state index in [1.165, 1.54) is 18.2 Å². The number of amides is 3. The first-order chi connectivity index (χ1) is 8.82. The van der Waals surface area contributed by atoms with Gasteiger partial charge in [0.2, 0.25) is 5.91 Å². The number of imide groups is 1. The maximum absolute atomic E-state index is 13.8. The Kier molecular flexibility index (Phi) is 3.30. The van der Waals surface area contributed by atoms with Crippen molar-refractivity contribution in [1.82, 2.24) is 4.90 Å². The van der Waals surface area contributed by atoms with Gasteiger partial charge in [0.05, 0.1) is 5.69 Å². The molecule has 0 radical (unpaired) electrons. The van der Waals surface area contributed by atoms with E-state index in [1.54, 1.807) is 11.0 Å². The normalized spacial score (nSPS) is 17.1. The fourth-order valence-electron chi connectivity index (χ4n) is 2.14. The molecule has 0 spiro atoms. The van der Waals surface area contributed by atoms with Crippen LogP contribution in [-0.4, -0.2) is 28.9 Å². The van der Waals surface area contributed by atoms with Gasteiger partial charge in [0.25, 0.3) is 0 Å². The molecule has 1 heterocycles. The van der Waals surface area contributed by atoms with Gasteiger partial charge in [0, 0.05) is 18.5 Å². The summed E-state index contributed by atoms with van der Waals surface area (Å²) in [6.07, 6.45) is 0.206. The van der Waals surface area contributed by atoms with Gasteiger partial charge in [-0.3, -0.25) is 4.79 Å². The number of halogens is 1. The molecule has 1 aromatic rings. The summed E-state index contributed by atoms with van der Waals surface area (Å²) in [5.74, 6) is -0.935. The van der Waals surface area contributed by atoms with E-state index < -0.39 is 17.4 Å². The summed E-state index contributed by atoms with van der Waals surface area (Å²) in [6.45, 7) is 6.03. The number of carbonyl (C=O) groups excluding carboxylic acids is 2. The van der Waals surface area contributed by atoms with E-state index in [1.807, 2.05) is 20.8 Å². The first kappa shape index (κ1) is 13.5. The quantitative estimate of drug-likeness (QED) is 0.782. The Morgan fingerprint density at radius 2 is 1.79 bits per heavy atom. The molecule has 0 unspecified atom stereocenters. The highest BCUT2D eigenvalue weighted by atomic mass is 19.1. The molecule has 0 N–H and O–H groups in total. The van der Waals surface area contributed by atoms with Gasteiger partial charge in [0.15, 0.2) is 0 Å². The van der Waals surface area contributed by atoms with Crippen LogP contribution < -0.4 is 4.90 Å². The Hall–Kier alpha value is -1.91. The second kappa shape index (κ2) is 4.64. The van der Waals surface area contributed by atoms with Crippen molar-refractivity contribution in [2.24, 2.45) is 0 Å². The van der Waals surface area contributed by atoms with Gasteiger partial charge in [-0.2, -0.15) is 0 Å². The average Bonchev–Trinajstić information content (AvgIpc) is 2.29. The number of urea groups is 1. The Bertz CT molecular complexity index is 522. The molecule has 4 nitrogen and oxygen atoms in total. The standard InChI is InChI=1S/C14H17FN2O2/c1-14(2,3)16-9-8-12(18)17(13(16)19)11-7-5-4-6-10(11)15/h4-7H,8-9H2,1-3H3. The summed E-state index contributed by atoms with van der Waals surface area (Å²) in [5.41, 5.74) is -0.382. The molecular weight excluding hydrogens is 247 g/mol. The lowest BCUT2D eigenvalue weighted by molar-refractivity contribution is -0.119. The van der Waals surface area contributed by atoms with E-state index in [-0.39, 0.29) is 18.0 Å². The van der Waals surface area contributed by atoms with Crippen LogP contribution in [0.3, 0.4) is 0 Å². The van der Waals surface area contributed by atoms with Gasteiger partial charge in [-0.25, -0.2) is 14.1 Å². The zero-order valence-electron chi connectivity index (χ0n) is 11.3. The molecule has 3 amide bonds. The second-order valence-corrected chi connectivity index (χ2v) is 5.54. The van der Waals surface area contributed by atoms with Gasteiger partial charge < -0.3 is 4.90 Å². The molecule has 0 aromatic heterocycles. The molecule has 102 valence electrons. The molecule has 1 aromatic carbocycles. The van der Waals surface area contributed by atoms with Gasteiger partial charge in [-0.05, 0) is 32.9 Å². The van der Waals surface area contributed by atoms with Crippen LogP contribution in [0.1, 0.15) is 27.2 Å². The summed E-state index contributed by atoms with van der Waals surface area (Å²) in [5, 5.41) is 0. The van der Waals surface area contributed by atoms with Crippen LogP contribution in [0, 0.1) is 5.82 Å². The van der Waals surface area contributed by atoms with Crippen molar-refractivity contribution in [2.75, 3.05) is 11.4 Å². The topological polar surface area (TPSA) is 40.6 Å². The number of hydrogen-bond donors (Lipinski definition) is 0. The summed E-state index contributed by atoms with van der Waals surface area (Å²) in [4.78, 5) is 26.9. The van der Waals surface area contributed by atoms with E-state index in [0.29, 0.717) is 6.54 Å². The highest BCUT2D eigenvalue weighted by molar-refractivity contribution is 6.16. The Balaban J connectivity index is 2.41. The largest absolute Gasteiger partial charge is 0.331 e. The summed E-state index contributed by atoms with van der Waals surface area (Å²) >= 11 is 0. The van der Waals surface area contributed by atoms with Crippen LogP contribution in [0.5, 0.6) is 0 Å². The Labute approximate surface area is 111 Å². The molecular formula is C14H17FN2O2. The van der Waals surface area contributed by atoms with Crippen LogP contribution in [-0.2, 0) is 4.79 Å². The van der Waals surface area contributed by atoms with Crippen molar-refractivity contribution in [2.45, 2.75) is 32.7 Å². The fourth-order valence-corrected chi connectivity index (χ4v) is 2.14. The number of hydrogen-bond acceptors (Lipinski definition) is 2. The number of para-hydroxylation sites is 1. The molecule has 5 heteroatoms. The van der Waals surface area contributed by atoms with Gasteiger partial charge >= 0.3 is 6.03 Å². The SMILES string of the molecule is CC(C)(C)N1CCC(=O)N(c2ccccc2F)C1=O. The van der Waals surface area contributed by atoms with Crippen molar-refractivity contribution < 1.29 is 14.0 Å².